The summed E-state index contributed by atoms with van der Waals surface area (Å²) in [4.78, 5) is 4.88. The Hall–Kier alpha value is -0.160. The molecule has 0 unspecified atom stereocenters. The molecule has 0 aliphatic carbocycles. The van der Waals surface area contributed by atoms with Crippen LogP contribution < -0.4 is 5.32 Å². The van der Waals surface area contributed by atoms with Crippen molar-refractivity contribution in [2.24, 2.45) is 0 Å². The van der Waals surface area contributed by atoms with E-state index >= 15 is 0 Å². The summed E-state index contributed by atoms with van der Waals surface area (Å²) < 4.78 is 0. The summed E-state index contributed by atoms with van der Waals surface area (Å²) in [6.07, 6.45) is 1.22. The van der Waals surface area contributed by atoms with Gasteiger partial charge in [-0.2, -0.15) is 0 Å². The summed E-state index contributed by atoms with van der Waals surface area (Å²) in [6.45, 7) is 14.5. The second-order valence-electron chi connectivity index (χ2n) is 5.94. The molecule has 1 saturated heterocycles. The number of nitrogens with one attached hydrogen (secondary N) is 1. The first-order chi connectivity index (χ1) is 8.01. The van der Waals surface area contributed by atoms with Crippen LogP contribution in [0.3, 0.4) is 0 Å². The Labute approximate surface area is 106 Å². The molecule has 102 valence electrons. The highest BCUT2D eigenvalue weighted by molar-refractivity contribution is 4.74. The predicted molar refractivity (Wildman–Crippen MR) is 72.3 cm³/mol. The molecule has 1 fully saturated rings. The quantitative estimate of drug-likeness (QED) is 0.732. The van der Waals surface area contributed by atoms with Crippen LogP contribution in [0.25, 0.3) is 0 Å². The Kier molecular flexibility index (Phi) is 6.41. The monoisotopic (exact) mass is 243 g/mol. The lowest BCUT2D eigenvalue weighted by Gasteiger charge is -2.25. The van der Waals surface area contributed by atoms with Crippen molar-refractivity contribution in [3.8, 4) is 0 Å². The van der Waals surface area contributed by atoms with E-state index in [1.807, 2.05) is 0 Å². The van der Waals surface area contributed by atoms with Gasteiger partial charge in [0, 0.05) is 38.3 Å². The van der Waals surface area contributed by atoms with E-state index in [2.05, 4.69) is 35.9 Å². The summed E-state index contributed by atoms with van der Waals surface area (Å²) in [5, 5.41) is 12.5. The van der Waals surface area contributed by atoms with E-state index < -0.39 is 0 Å². The van der Waals surface area contributed by atoms with Crippen LogP contribution in [-0.4, -0.2) is 72.9 Å². The van der Waals surface area contributed by atoms with Gasteiger partial charge >= 0.3 is 0 Å². The van der Waals surface area contributed by atoms with E-state index in [1.54, 1.807) is 0 Å². The maximum atomic E-state index is 8.94. The average molecular weight is 243 g/mol. The number of hydrogen-bond donors (Lipinski definition) is 2. The van der Waals surface area contributed by atoms with Crippen LogP contribution in [0.15, 0.2) is 0 Å². The second kappa shape index (κ2) is 7.31. The second-order valence-corrected chi connectivity index (χ2v) is 5.94. The summed E-state index contributed by atoms with van der Waals surface area (Å²) in [7, 11) is 0. The third-order valence-electron chi connectivity index (χ3n) is 3.18. The molecule has 0 radical (unpaired) electrons. The zero-order valence-electron chi connectivity index (χ0n) is 11.7. The van der Waals surface area contributed by atoms with Gasteiger partial charge in [-0.15, -0.1) is 0 Å². The van der Waals surface area contributed by atoms with Crippen molar-refractivity contribution in [1.29, 1.82) is 0 Å². The van der Waals surface area contributed by atoms with Crippen molar-refractivity contribution in [3.63, 3.8) is 0 Å². The molecule has 0 bridgehead atoms. The molecule has 2 N–H and O–H groups in total. The van der Waals surface area contributed by atoms with Crippen molar-refractivity contribution in [3.05, 3.63) is 0 Å². The molecule has 4 nitrogen and oxygen atoms in total. The van der Waals surface area contributed by atoms with Gasteiger partial charge in [0.15, 0.2) is 0 Å². The number of aliphatic hydroxyl groups is 1. The van der Waals surface area contributed by atoms with Crippen molar-refractivity contribution in [2.45, 2.75) is 32.7 Å². The van der Waals surface area contributed by atoms with E-state index in [0.29, 0.717) is 0 Å². The molecule has 0 aromatic heterocycles. The van der Waals surface area contributed by atoms with E-state index in [1.165, 1.54) is 13.0 Å². The number of nitrogens with zero attached hydrogens (tertiary/aromatic N) is 2. The Morgan fingerprint density at radius 1 is 1.00 bits per heavy atom. The first kappa shape index (κ1) is 14.9. The van der Waals surface area contributed by atoms with Gasteiger partial charge in [-0.3, -0.25) is 4.90 Å². The van der Waals surface area contributed by atoms with Gasteiger partial charge < -0.3 is 15.3 Å². The fourth-order valence-electron chi connectivity index (χ4n) is 2.20. The van der Waals surface area contributed by atoms with Gasteiger partial charge in [-0.25, -0.2) is 0 Å². The minimum atomic E-state index is 0.217. The highest BCUT2D eigenvalue weighted by atomic mass is 16.3. The minimum Gasteiger partial charge on any atom is -0.395 e. The molecule has 0 atom stereocenters. The third kappa shape index (κ3) is 6.99. The number of hydrogen-bond acceptors (Lipinski definition) is 4. The summed E-state index contributed by atoms with van der Waals surface area (Å²) in [6, 6.07) is 0. The SMILES string of the molecule is CC(C)(C)NCCN1CCCN(CCO)CC1. The number of β-amino-alcohol motifs (C(OH)–C–C–N with tert-alkyl or cyclic N) is 1. The van der Waals surface area contributed by atoms with Gasteiger partial charge in [0.05, 0.1) is 6.61 Å². The lowest BCUT2D eigenvalue weighted by Crippen LogP contribution is -2.42. The van der Waals surface area contributed by atoms with Gasteiger partial charge in [0.2, 0.25) is 0 Å². The largest absolute Gasteiger partial charge is 0.395 e. The van der Waals surface area contributed by atoms with Gasteiger partial charge in [-0.05, 0) is 40.3 Å². The topological polar surface area (TPSA) is 38.7 Å². The molecule has 1 aliphatic rings. The van der Waals surface area contributed by atoms with Crippen LogP contribution >= 0.6 is 0 Å². The molecule has 0 amide bonds. The first-order valence-electron chi connectivity index (χ1n) is 6.82. The fraction of sp³-hybridized carbons (Fsp3) is 1.00. The van der Waals surface area contributed by atoms with E-state index in [4.69, 9.17) is 5.11 Å². The number of rotatable bonds is 5. The van der Waals surface area contributed by atoms with E-state index in [9.17, 15) is 0 Å². The first-order valence-corrected chi connectivity index (χ1v) is 6.82. The zero-order chi connectivity index (χ0) is 12.7. The maximum Gasteiger partial charge on any atom is 0.0558 e. The molecule has 1 rings (SSSR count). The Morgan fingerprint density at radius 2 is 1.59 bits per heavy atom. The predicted octanol–water partition coefficient (Wildman–Crippen LogP) is 0.375. The van der Waals surface area contributed by atoms with Crippen LogP contribution in [0.2, 0.25) is 0 Å². The van der Waals surface area contributed by atoms with Crippen LogP contribution in [0, 0.1) is 0 Å². The van der Waals surface area contributed by atoms with Crippen molar-refractivity contribution < 1.29 is 5.11 Å². The molecule has 1 aliphatic heterocycles. The highest BCUT2D eigenvalue weighted by Gasteiger charge is 2.15. The maximum absolute atomic E-state index is 8.94. The van der Waals surface area contributed by atoms with Gasteiger partial charge in [0.1, 0.15) is 0 Å². The van der Waals surface area contributed by atoms with Gasteiger partial charge in [0.25, 0.3) is 0 Å². The van der Waals surface area contributed by atoms with E-state index in [0.717, 1.165) is 39.3 Å². The molecule has 17 heavy (non-hydrogen) atoms. The molecule has 0 aromatic rings. The minimum absolute atomic E-state index is 0.217. The molecule has 0 spiro atoms. The van der Waals surface area contributed by atoms with Crippen molar-refractivity contribution in [2.75, 3.05) is 52.4 Å². The average Bonchev–Trinajstić information content (AvgIpc) is 2.43. The lowest BCUT2D eigenvalue weighted by atomic mass is 10.1. The smallest absolute Gasteiger partial charge is 0.0558 e. The molecule has 1 heterocycles. The van der Waals surface area contributed by atoms with Crippen molar-refractivity contribution >= 4 is 0 Å². The van der Waals surface area contributed by atoms with Crippen LogP contribution in [-0.2, 0) is 0 Å². The van der Waals surface area contributed by atoms with Gasteiger partial charge in [-0.1, -0.05) is 0 Å². The van der Waals surface area contributed by atoms with Crippen LogP contribution in [0.5, 0.6) is 0 Å². The molecular weight excluding hydrogens is 214 g/mol. The lowest BCUT2D eigenvalue weighted by molar-refractivity contribution is 0.196. The zero-order valence-corrected chi connectivity index (χ0v) is 11.7. The van der Waals surface area contributed by atoms with E-state index in [-0.39, 0.29) is 12.1 Å². The number of aliphatic hydroxyl groups excluding tert-OH is 1. The molecule has 4 heteroatoms. The Morgan fingerprint density at radius 3 is 2.12 bits per heavy atom. The fourth-order valence-corrected chi connectivity index (χ4v) is 2.20. The Bertz CT molecular complexity index is 203. The summed E-state index contributed by atoms with van der Waals surface area (Å²) >= 11 is 0. The molecule has 0 aromatic carbocycles. The summed E-state index contributed by atoms with van der Waals surface area (Å²) in [5.41, 5.74) is 0.217. The molecular formula is C13H29N3O. The third-order valence-corrected chi connectivity index (χ3v) is 3.18. The standard InChI is InChI=1S/C13H29N3O/c1-13(2,3)14-5-8-15-6-4-7-16(10-9-15)11-12-17/h14,17H,4-12H2,1-3H3. The van der Waals surface area contributed by atoms with Crippen LogP contribution in [0.1, 0.15) is 27.2 Å². The Balaban J connectivity index is 2.18. The molecule has 0 saturated carbocycles. The normalized spacial score (nSPS) is 20.5. The summed E-state index contributed by atoms with van der Waals surface area (Å²) in [5.74, 6) is 0. The highest BCUT2D eigenvalue weighted by Crippen LogP contribution is 2.03. The van der Waals surface area contributed by atoms with Crippen LogP contribution in [0.4, 0.5) is 0 Å². The van der Waals surface area contributed by atoms with Crippen molar-refractivity contribution in [1.82, 2.24) is 15.1 Å².